The second-order valence-corrected chi connectivity index (χ2v) is 10.6. The number of anilines is 1. The van der Waals surface area contributed by atoms with Crippen LogP contribution in [0.1, 0.15) is 56.8 Å². The van der Waals surface area contributed by atoms with Crippen molar-refractivity contribution in [2.24, 2.45) is 13.0 Å². The highest BCUT2D eigenvalue weighted by Crippen LogP contribution is 2.65. The van der Waals surface area contributed by atoms with Crippen LogP contribution in [0.25, 0.3) is 11.4 Å². The number of hydrogen-bond acceptors (Lipinski definition) is 7. The molecule has 1 atom stereocenters. The molecular formula is C25H33FN6O4. The van der Waals surface area contributed by atoms with Gasteiger partial charge in [-0.15, -0.1) is 5.10 Å². The Labute approximate surface area is 209 Å². The molecule has 2 bridgehead atoms. The van der Waals surface area contributed by atoms with Crippen LogP contribution in [0.5, 0.6) is 0 Å². The van der Waals surface area contributed by atoms with E-state index in [1.807, 2.05) is 19.1 Å². The number of ether oxygens (including phenoxy) is 1. The lowest BCUT2D eigenvalue weighted by Crippen LogP contribution is -2.76. The number of rotatable bonds is 8. The summed E-state index contributed by atoms with van der Waals surface area (Å²) in [5.74, 6) is -0.635. The molecule has 11 heteroatoms. The lowest BCUT2D eigenvalue weighted by atomic mass is 9.47. The predicted molar refractivity (Wildman–Crippen MR) is 129 cm³/mol. The topological polar surface area (TPSA) is 114 Å². The van der Waals surface area contributed by atoms with Gasteiger partial charge >= 0.3 is 12.1 Å². The monoisotopic (exact) mass is 500 g/mol. The highest BCUT2D eigenvalue weighted by molar-refractivity contribution is 5.70. The maximum Gasteiger partial charge on any atom is 0.410 e. The van der Waals surface area contributed by atoms with Gasteiger partial charge in [0.25, 0.3) is 0 Å². The van der Waals surface area contributed by atoms with Gasteiger partial charge in [-0.25, -0.2) is 18.9 Å². The molecule has 4 aliphatic rings. The minimum absolute atomic E-state index is 0.0211. The molecule has 3 aliphatic carbocycles. The number of pyridine rings is 1. The summed E-state index contributed by atoms with van der Waals surface area (Å²) in [5.41, 5.74) is 2.24. The SMILES string of the molecule is CCc1nc(-c2nnn(C)c2COC(=O)N(C)C23CC(F)(C2)C3)ccc1N1CCC[C@H](CC(=O)O)C1. The Bertz CT molecular complexity index is 1160. The van der Waals surface area contributed by atoms with E-state index in [1.54, 1.807) is 18.8 Å². The molecule has 0 radical (unpaired) electrons. The maximum atomic E-state index is 13.9. The third kappa shape index (κ3) is 4.28. The fourth-order valence-electron chi connectivity index (χ4n) is 6.00. The van der Waals surface area contributed by atoms with Crippen molar-refractivity contribution in [3.63, 3.8) is 0 Å². The quantitative estimate of drug-likeness (QED) is 0.587. The number of carbonyl (C=O) groups is 2. The van der Waals surface area contributed by atoms with Crippen molar-refractivity contribution < 1.29 is 23.8 Å². The lowest BCUT2D eigenvalue weighted by Gasteiger charge is -2.68. The summed E-state index contributed by atoms with van der Waals surface area (Å²) in [7, 11) is 3.40. The van der Waals surface area contributed by atoms with Crippen molar-refractivity contribution in [1.82, 2.24) is 24.9 Å². The van der Waals surface area contributed by atoms with Gasteiger partial charge in [0.2, 0.25) is 0 Å². The molecule has 1 N–H and O–H groups in total. The predicted octanol–water partition coefficient (Wildman–Crippen LogP) is 3.34. The number of carbonyl (C=O) groups excluding carboxylic acids is 1. The smallest absolute Gasteiger partial charge is 0.410 e. The Kier molecular flexibility index (Phi) is 6.12. The van der Waals surface area contributed by atoms with Gasteiger partial charge in [0.1, 0.15) is 23.7 Å². The number of hydrogen-bond donors (Lipinski definition) is 1. The summed E-state index contributed by atoms with van der Waals surface area (Å²) >= 11 is 0. The first-order valence-electron chi connectivity index (χ1n) is 12.6. The average molecular weight is 501 g/mol. The number of aromatic nitrogens is 4. The minimum atomic E-state index is -1.09. The van der Waals surface area contributed by atoms with Gasteiger partial charge in [-0.3, -0.25) is 4.79 Å². The third-order valence-corrected chi connectivity index (χ3v) is 8.05. The minimum Gasteiger partial charge on any atom is -0.481 e. The molecule has 1 amide bonds. The maximum absolute atomic E-state index is 13.9. The van der Waals surface area contributed by atoms with Crippen LogP contribution in [0.3, 0.4) is 0 Å². The first-order valence-corrected chi connectivity index (χ1v) is 12.6. The van der Waals surface area contributed by atoms with Crippen LogP contribution in [0.2, 0.25) is 0 Å². The van der Waals surface area contributed by atoms with Crippen molar-refractivity contribution in [2.75, 3.05) is 25.0 Å². The van der Waals surface area contributed by atoms with E-state index in [0.29, 0.717) is 49.3 Å². The third-order valence-electron chi connectivity index (χ3n) is 8.05. The van der Waals surface area contributed by atoms with Crippen molar-refractivity contribution in [3.8, 4) is 11.4 Å². The van der Waals surface area contributed by atoms with Gasteiger partial charge in [0.05, 0.1) is 22.6 Å². The highest BCUT2D eigenvalue weighted by Gasteiger charge is 2.72. The molecule has 2 aromatic rings. The fourth-order valence-corrected chi connectivity index (χ4v) is 6.00. The van der Waals surface area contributed by atoms with Crippen LogP contribution in [0.15, 0.2) is 12.1 Å². The number of aliphatic carboxylic acids is 1. The van der Waals surface area contributed by atoms with Crippen molar-refractivity contribution in [3.05, 3.63) is 23.5 Å². The molecule has 4 fully saturated rings. The zero-order valence-corrected chi connectivity index (χ0v) is 21.0. The van der Waals surface area contributed by atoms with Crippen LogP contribution in [0, 0.1) is 5.92 Å². The van der Waals surface area contributed by atoms with Gasteiger partial charge in [-0.2, -0.15) is 0 Å². The number of piperidine rings is 1. The van der Waals surface area contributed by atoms with E-state index >= 15 is 0 Å². The average Bonchev–Trinajstić information content (AvgIpc) is 3.18. The second kappa shape index (κ2) is 9.01. The first-order chi connectivity index (χ1) is 17.1. The molecule has 3 saturated carbocycles. The second-order valence-electron chi connectivity index (χ2n) is 10.6. The summed E-state index contributed by atoms with van der Waals surface area (Å²) in [4.78, 5) is 32.5. The summed E-state index contributed by atoms with van der Waals surface area (Å²) in [5, 5.41) is 17.6. The highest BCUT2D eigenvalue weighted by atomic mass is 19.1. The van der Waals surface area contributed by atoms with Crippen LogP contribution in [-0.2, 0) is 29.6 Å². The Hall–Kier alpha value is -3.24. The van der Waals surface area contributed by atoms with E-state index in [-0.39, 0.29) is 18.9 Å². The lowest BCUT2D eigenvalue weighted by molar-refractivity contribution is -0.211. The van der Waals surface area contributed by atoms with E-state index in [9.17, 15) is 19.1 Å². The standard InChI is InChI=1S/C25H33FN6O4/c1-4-17-19(32-9-5-6-16(11-32)10-21(33)34)8-7-18(27-17)22-20(31(3)29-28-22)12-36-23(35)30(2)25-13-24(26,14-25)15-25/h7-8,16H,4-6,9-15H2,1-3H3,(H,33,34)/t16-,24?,25?/m1/s1. The fraction of sp³-hybridized carbons (Fsp3) is 0.640. The largest absolute Gasteiger partial charge is 0.481 e. The van der Waals surface area contributed by atoms with Gasteiger partial charge in [-0.05, 0) is 37.3 Å². The molecule has 6 rings (SSSR count). The van der Waals surface area contributed by atoms with E-state index < -0.39 is 23.3 Å². The number of carboxylic acid groups (broad SMARTS) is 1. The first kappa shape index (κ1) is 24.5. The zero-order valence-electron chi connectivity index (χ0n) is 21.0. The molecule has 3 heterocycles. The van der Waals surface area contributed by atoms with Crippen LogP contribution in [-0.4, -0.2) is 73.4 Å². The molecule has 2 aromatic heterocycles. The summed E-state index contributed by atoms with van der Waals surface area (Å²) in [6, 6.07) is 3.90. The molecule has 0 aromatic carbocycles. The Morgan fingerprint density at radius 1 is 1.31 bits per heavy atom. The normalized spacial score (nSPS) is 26.7. The summed E-state index contributed by atoms with van der Waals surface area (Å²) in [6.07, 6.45) is 3.42. The molecule has 1 aliphatic heterocycles. The molecule has 1 saturated heterocycles. The molecule has 194 valence electrons. The number of nitrogens with zero attached hydrogens (tertiary/aromatic N) is 6. The molecule has 0 spiro atoms. The Morgan fingerprint density at radius 3 is 2.72 bits per heavy atom. The number of carboxylic acids is 1. The number of aryl methyl sites for hydroxylation is 2. The van der Waals surface area contributed by atoms with Gasteiger partial charge in [0.15, 0.2) is 0 Å². The van der Waals surface area contributed by atoms with E-state index in [1.165, 1.54) is 4.90 Å². The van der Waals surface area contributed by atoms with Crippen LogP contribution >= 0.6 is 0 Å². The van der Waals surface area contributed by atoms with E-state index in [0.717, 1.165) is 30.8 Å². The van der Waals surface area contributed by atoms with Crippen molar-refractivity contribution in [1.29, 1.82) is 0 Å². The van der Waals surface area contributed by atoms with E-state index in [4.69, 9.17) is 9.72 Å². The number of alkyl halides is 1. The number of amides is 1. The zero-order chi connectivity index (χ0) is 25.7. The van der Waals surface area contributed by atoms with Crippen molar-refractivity contribution >= 4 is 17.7 Å². The summed E-state index contributed by atoms with van der Waals surface area (Å²) in [6.45, 7) is 3.59. The van der Waals surface area contributed by atoms with Gasteiger partial charge in [0, 0.05) is 52.9 Å². The Balaban J connectivity index is 1.30. The van der Waals surface area contributed by atoms with Crippen LogP contribution in [0.4, 0.5) is 14.9 Å². The van der Waals surface area contributed by atoms with Crippen LogP contribution < -0.4 is 4.90 Å². The Morgan fingerprint density at radius 2 is 2.06 bits per heavy atom. The van der Waals surface area contributed by atoms with Crippen molar-refractivity contribution in [2.45, 2.75) is 69.7 Å². The van der Waals surface area contributed by atoms with Gasteiger partial charge < -0.3 is 19.6 Å². The number of halogens is 1. The molecular weight excluding hydrogens is 467 g/mol. The molecule has 10 nitrogen and oxygen atoms in total. The summed E-state index contributed by atoms with van der Waals surface area (Å²) < 4.78 is 21.0. The van der Waals surface area contributed by atoms with Gasteiger partial charge in [-0.1, -0.05) is 12.1 Å². The molecule has 0 unspecified atom stereocenters. The molecule has 36 heavy (non-hydrogen) atoms. The van der Waals surface area contributed by atoms with E-state index in [2.05, 4.69) is 15.2 Å².